The molecule has 37 heavy (non-hydrogen) atoms. The molecule has 5 rings (SSSR count). The third kappa shape index (κ3) is 5.30. The van der Waals surface area contributed by atoms with Crippen LogP contribution in [0.3, 0.4) is 0 Å². The molecule has 2 saturated carbocycles. The highest BCUT2D eigenvalue weighted by molar-refractivity contribution is 5.92. The largest absolute Gasteiger partial charge is 0.493 e. The molecular formula is C27H31F3N4O3. The molecule has 0 saturated heterocycles. The van der Waals surface area contributed by atoms with E-state index in [1.165, 1.54) is 12.6 Å². The first-order valence-electron chi connectivity index (χ1n) is 12.5. The van der Waals surface area contributed by atoms with Crippen LogP contribution in [-0.4, -0.2) is 46.9 Å². The van der Waals surface area contributed by atoms with Crippen LogP contribution in [0.4, 0.5) is 19.0 Å². The van der Waals surface area contributed by atoms with Crippen molar-refractivity contribution in [3.63, 3.8) is 0 Å². The van der Waals surface area contributed by atoms with Crippen molar-refractivity contribution in [1.82, 2.24) is 15.0 Å². The SMILES string of the molecule is COc1cc2nc(C)nc(NC3C(c4cc(C(F)(F)F)ccn4)[C@H]3C)c2cc1OCCOC1(C)CCC1. The number of benzene rings is 1. The minimum absolute atomic E-state index is 0.0503. The smallest absolute Gasteiger partial charge is 0.416 e. The number of aromatic nitrogens is 3. The van der Waals surface area contributed by atoms with Gasteiger partial charge in [0, 0.05) is 35.3 Å². The molecule has 2 fully saturated rings. The van der Waals surface area contributed by atoms with Crippen LogP contribution in [0.1, 0.15) is 56.1 Å². The molecule has 0 bridgehead atoms. The van der Waals surface area contributed by atoms with Crippen LogP contribution in [0.25, 0.3) is 10.9 Å². The second kappa shape index (κ2) is 9.63. The topological polar surface area (TPSA) is 78.4 Å². The van der Waals surface area contributed by atoms with Gasteiger partial charge < -0.3 is 19.5 Å². The summed E-state index contributed by atoms with van der Waals surface area (Å²) >= 11 is 0. The van der Waals surface area contributed by atoms with Gasteiger partial charge in [-0.15, -0.1) is 0 Å². The third-order valence-corrected chi connectivity index (χ3v) is 7.43. The molecule has 2 heterocycles. The van der Waals surface area contributed by atoms with Crippen LogP contribution in [0, 0.1) is 12.8 Å². The van der Waals surface area contributed by atoms with E-state index in [1.54, 1.807) is 20.1 Å². The Hall–Kier alpha value is -3.14. The van der Waals surface area contributed by atoms with Gasteiger partial charge in [0.25, 0.3) is 0 Å². The Kier molecular flexibility index (Phi) is 6.64. The van der Waals surface area contributed by atoms with Crippen LogP contribution in [0.2, 0.25) is 0 Å². The van der Waals surface area contributed by atoms with Crippen molar-refractivity contribution in [1.29, 1.82) is 0 Å². The van der Waals surface area contributed by atoms with E-state index in [2.05, 4.69) is 27.2 Å². The summed E-state index contributed by atoms with van der Waals surface area (Å²) in [4.78, 5) is 13.4. The summed E-state index contributed by atoms with van der Waals surface area (Å²) in [6.45, 7) is 6.74. The molecule has 2 aliphatic rings. The van der Waals surface area contributed by atoms with E-state index in [0.29, 0.717) is 47.6 Å². The van der Waals surface area contributed by atoms with E-state index in [4.69, 9.17) is 14.2 Å². The molecule has 0 amide bonds. The number of aryl methyl sites for hydroxylation is 1. The molecule has 0 radical (unpaired) electrons. The zero-order chi connectivity index (χ0) is 26.4. The van der Waals surface area contributed by atoms with Gasteiger partial charge in [-0.05, 0) is 57.2 Å². The summed E-state index contributed by atoms with van der Waals surface area (Å²) in [5.74, 6) is 2.19. The summed E-state index contributed by atoms with van der Waals surface area (Å²) in [5, 5.41) is 4.17. The second-order valence-electron chi connectivity index (χ2n) is 10.2. The number of ether oxygens (including phenoxy) is 3. The summed E-state index contributed by atoms with van der Waals surface area (Å²) in [7, 11) is 1.58. The Morgan fingerprint density at radius 3 is 2.57 bits per heavy atom. The van der Waals surface area contributed by atoms with Crippen molar-refractivity contribution in [3.8, 4) is 11.5 Å². The zero-order valence-electron chi connectivity index (χ0n) is 21.4. The van der Waals surface area contributed by atoms with Gasteiger partial charge in [0.15, 0.2) is 11.5 Å². The van der Waals surface area contributed by atoms with Crippen molar-refractivity contribution < 1.29 is 27.4 Å². The lowest BCUT2D eigenvalue weighted by Crippen LogP contribution is -2.37. The van der Waals surface area contributed by atoms with Crippen LogP contribution in [0.5, 0.6) is 11.5 Å². The summed E-state index contributed by atoms with van der Waals surface area (Å²) in [5.41, 5.74) is 0.355. The number of pyridine rings is 1. The maximum Gasteiger partial charge on any atom is 0.416 e. The molecule has 2 unspecified atom stereocenters. The van der Waals surface area contributed by atoms with Gasteiger partial charge in [-0.3, -0.25) is 4.98 Å². The summed E-state index contributed by atoms with van der Waals surface area (Å²) in [6, 6.07) is 5.66. The second-order valence-corrected chi connectivity index (χ2v) is 10.2. The van der Waals surface area contributed by atoms with Crippen molar-refractivity contribution in [2.75, 3.05) is 25.6 Å². The molecule has 1 N–H and O–H groups in total. The number of halogens is 3. The Bertz CT molecular complexity index is 1300. The molecule has 3 atom stereocenters. The number of rotatable bonds is 9. The van der Waals surface area contributed by atoms with E-state index in [1.807, 2.05) is 13.0 Å². The first kappa shape index (κ1) is 25.5. The third-order valence-electron chi connectivity index (χ3n) is 7.43. The van der Waals surface area contributed by atoms with Gasteiger partial charge in [0.1, 0.15) is 18.2 Å². The van der Waals surface area contributed by atoms with Gasteiger partial charge in [-0.25, -0.2) is 9.97 Å². The van der Waals surface area contributed by atoms with Crippen LogP contribution >= 0.6 is 0 Å². The summed E-state index contributed by atoms with van der Waals surface area (Å²) in [6.07, 6.45) is 0.128. The minimum Gasteiger partial charge on any atom is -0.493 e. The minimum atomic E-state index is -4.41. The standard InChI is InChI=1S/C27H31F3N4O3/c1-15-23(20-12-17(6-9-31-20)27(28,29)30)24(15)34-25-18-13-22(36-10-11-37-26(3)7-5-8-26)21(35-4)14-19(18)32-16(2)33-25/h6,9,12-15,23-24H,5,7-8,10-11H2,1-4H3,(H,32,33,34)/t15-,23?,24?/m1/s1. The van der Waals surface area contributed by atoms with Crippen LogP contribution in [0.15, 0.2) is 30.5 Å². The molecule has 7 nitrogen and oxygen atoms in total. The molecule has 0 spiro atoms. The normalized spacial score (nSPS) is 22.4. The molecule has 198 valence electrons. The fraction of sp³-hybridized carbons (Fsp3) is 0.519. The predicted molar refractivity (Wildman–Crippen MR) is 133 cm³/mol. The van der Waals surface area contributed by atoms with E-state index in [9.17, 15) is 13.2 Å². The van der Waals surface area contributed by atoms with E-state index in [-0.39, 0.29) is 23.5 Å². The highest BCUT2D eigenvalue weighted by atomic mass is 19.4. The van der Waals surface area contributed by atoms with Gasteiger partial charge >= 0.3 is 6.18 Å². The Morgan fingerprint density at radius 1 is 1.11 bits per heavy atom. The maximum absolute atomic E-state index is 13.2. The first-order valence-corrected chi connectivity index (χ1v) is 12.5. The molecule has 0 aliphatic heterocycles. The van der Waals surface area contributed by atoms with Gasteiger partial charge in [-0.2, -0.15) is 13.2 Å². The highest BCUT2D eigenvalue weighted by Crippen LogP contribution is 2.49. The summed E-state index contributed by atoms with van der Waals surface area (Å²) < 4.78 is 57.2. The quantitative estimate of drug-likeness (QED) is 0.354. The number of hydrogen-bond donors (Lipinski definition) is 1. The number of fused-ring (bicyclic) bond motifs is 1. The number of anilines is 1. The lowest BCUT2D eigenvalue weighted by molar-refractivity contribution is -0.137. The number of nitrogens with one attached hydrogen (secondary N) is 1. The van der Waals surface area contributed by atoms with Crippen LogP contribution in [-0.2, 0) is 10.9 Å². The van der Waals surface area contributed by atoms with Crippen LogP contribution < -0.4 is 14.8 Å². The molecule has 10 heteroatoms. The fourth-order valence-corrected chi connectivity index (χ4v) is 5.00. The molecule has 2 aliphatic carbocycles. The number of nitrogens with zero attached hydrogens (tertiary/aromatic N) is 3. The number of alkyl halides is 3. The lowest BCUT2D eigenvalue weighted by Gasteiger charge is -2.38. The van der Waals surface area contributed by atoms with Crippen molar-refractivity contribution >= 4 is 16.7 Å². The van der Waals surface area contributed by atoms with Crippen molar-refractivity contribution in [2.24, 2.45) is 5.92 Å². The number of methoxy groups -OCH3 is 1. The van der Waals surface area contributed by atoms with Crippen molar-refractivity contribution in [2.45, 2.75) is 63.8 Å². The van der Waals surface area contributed by atoms with Gasteiger partial charge in [0.2, 0.25) is 0 Å². The first-order chi connectivity index (χ1) is 17.6. The average molecular weight is 517 g/mol. The van der Waals surface area contributed by atoms with Crippen molar-refractivity contribution in [3.05, 3.63) is 47.5 Å². The van der Waals surface area contributed by atoms with Gasteiger partial charge in [0.05, 0.1) is 30.4 Å². The fourth-order valence-electron chi connectivity index (χ4n) is 5.00. The lowest BCUT2D eigenvalue weighted by atomic mass is 9.82. The molecule has 2 aromatic heterocycles. The Labute approximate surface area is 213 Å². The zero-order valence-corrected chi connectivity index (χ0v) is 21.4. The van der Waals surface area contributed by atoms with Gasteiger partial charge in [-0.1, -0.05) is 6.92 Å². The molecule has 1 aromatic carbocycles. The highest BCUT2D eigenvalue weighted by Gasteiger charge is 2.49. The van der Waals surface area contributed by atoms with E-state index in [0.717, 1.165) is 30.4 Å². The average Bonchev–Trinajstić information content (AvgIpc) is 3.48. The molecule has 3 aromatic rings. The Balaban J connectivity index is 1.36. The monoisotopic (exact) mass is 516 g/mol. The van der Waals surface area contributed by atoms with E-state index < -0.39 is 11.7 Å². The maximum atomic E-state index is 13.2. The van der Waals surface area contributed by atoms with E-state index >= 15 is 0 Å². The Morgan fingerprint density at radius 2 is 1.89 bits per heavy atom. The molecular weight excluding hydrogens is 485 g/mol. The predicted octanol–water partition coefficient (Wildman–Crippen LogP) is 5.91. The number of hydrogen-bond acceptors (Lipinski definition) is 7.